The monoisotopic (exact) mass is 255 g/mol. The molecule has 3 heterocycles. The Balaban J connectivity index is 2.06. The van der Waals surface area contributed by atoms with Crippen molar-refractivity contribution < 1.29 is 0 Å². The standard InChI is InChI=1S/C14H17N5/c1-15-8-11-9-19(10-13-16-6-7-18(13)2)14-12(11)4-3-5-17-14/h3-7,9,15H,8,10H2,1-2H3. The number of nitrogens with one attached hydrogen (secondary N) is 1. The van der Waals surface area contributed by atoms with Crippen molar-refractivity contribution >= 4 is 11.0 Å². The second-order valence-electron chi connectivity index (χ2n) is 4.64. The minimum absolute atomic E-state index is 0.737. The largest absolute Gasteiger partial charge is 0.337 e. The van der Waals surface area contributed by atoms with Crippen LogP contribution in [0.25, 0.3) is 11.0 Å². The van der Waals surface area contributed by atoms with Gasteiger partial charge in [0, 0.05) is 43.8 Å². The molecule has 0 unspecified atom stereocenters. The number of pyridine rings is 1. The van der Waals surface area contributed by atoms with Gasteiger partial charge in [-0.1, -0.05) is 0 Å². The topological polar surface area (TPSA) is 47.7 Å². The third kappa shape index (κ3) is 2.13. The zero-order valence-corrected chi connectivity index (χ0v) is 11.2. The average molecular weight is 255 g/mol. The number of aromatic nitrogens is 4. The van der Waals surface area contributed by atoms with E-state index in [1.54, 1.807) is 0 Å². The first-order valence-corrected chi connectivity index (χ1v) is 6.33. The fourth-order valence-corrected chi connectivity index (χ4v) is 2.35. The van der Waals surface area contributed by atoms with Crippen LogP contribution in [-0.4, -0.2) is 26.1 Å². The zero-order valence-electron chi connectivity index (χ0n) is 11.2. The SMILES string of the molecule is CNCc1cn(Cc2nccn2C)c2ncccc12. The molecular weight excluding hydrogens is 238 g/mol. The zero-order chi connectivity index (χ0) is 13.2. The van der Waals surface area contributed by atoms with Crippen molar-refractivity contribution in [2.24, 2.45) is 7.05 Å². The van der Waals surface area contributed by atoms with E-state index in [1.807, 2.05) is 43.3 Å². The first kappa shape index (κ1) is 11.9. The van der Waals surface area contributed by atoms with E-state index in [9.17, 15) is 0 Å². The summed E-state index contributed by atoms with van der Waals surface area (Å²) in [5, 5.41) is 4.40. The minimum Gasteiger partial charge on any atom is -0.337 e. The van der Waals surface area contributed by atoms with Gasteiger partial charge in [0.25, 0.3) is 0 Å². The van der Waals surface area contributed by atoms with Crippen molar-refractivity contribution in [3.8, 4) is 0 Å². The van der Waals surface area contributed by atoms with Gasteiger partial charge in [-0.2, -0.15) is 0 Å². The van der Waals surface area contributed by atoms with Gasteiger partial charge in [0.1, 0.15) is 11.5 Å². The lowest BCUT2D eigenvalue weighted by Crippen LogP contribution is -2.06. The summed E-state index contributed by atoms with van der Waals surface area (Å²) in [6.07, 6.45) is 7.77. The van der Waals surface area contributed by atoms with Gasteiger partial charge in [-0.25, -0.2) is 9.97 Å². The average Bonchev–Trinajstić information content (AvgIpc) is 2.97. The van der Waals surface area contributed by atoms with Gasteiger partial charge >= 0.3 is 0 Å². The van der Waals surface area contributed by atoms with E-state index in [0.29, 0.717) is 0 Å². The molecule has 0 aromatic carbocycles. The van der Waals surface area contributed by atoms with Crippen LogP contribution in [0, 0.1) is 0 Å². The second-order valence-corrected chi connectivity index (χ2v) is 4.64. The van der Waals surface area contributed by atoms with Crippen molar-refractivity contribution in [3.05, 3.63) is 48.3 Å². The van der Waals surface area contributed by atoms with E-state index >= 15 is 0 Å². The summed E-state index contributed by atoms with van der Waals surface area (Å²) in [6.45, 7) is 1.58. The molecule has 0 aliphatic heterocycles. The van der Waals surface area contributed by atoms with Gasteiger partial charge in [-0.15, -0.1) is 0 Å². The number of imidazole rings is 1. The molecular formula is C14H17N5. The molecule has 3 aromatic rings. The summed E-state index contributed by atoms with van der Waals surface area (Å²) in [4.78, 5) is 8.86. The number of hydrogen-bond acceptors (Lipinski definition) is 3. The predicted molar refractivity (Wildman–Crippen MR) is 74.8 cm³/mol. The Morgan fingerprint density at radius 2 is 2.16 bits per heavy atom. The van der Waals surface area contributed by atoms with E-state index < -0.39 is 0 Å². The van der Waals surface area contributed by atoms with Gasteiger partial charge in [0.2, 0.25) is 0 Å². The molecule has 3 aromatic heterocycles. The Morgan fingerprint density at radius 3 is 2.89 bits per heavy atom. The van der Waals surface area contributed by atoms with Crippen LogP contribution < -0.4 is 5.32 Å². The van der Waals surface area contributed by atoms with Gasteiger partial charge < -0.3 is 14.5 Å². The van der Waals surface area contributed by atoms with E-state index in [-0.39, 0.29) is 0 Å². The van der Waals surface area contributed by atoms with Crippen LogP contribution >= 0.6 is 0 Å². The number of rotatable bonds is 4. The Kier molecular flexibility index (Phi) is 3.05. The summed E-state index contributed by atoms with van der Waals surface area (Å²) in [6, 6.07) is 4.09. The Hall–Kier alpha value is -2.14. The summed E-state index contributed by atoms with van der Waals surface area (Å²) < 4.78 is 4.19. The quantitative estimate of drug-likeness (QED) is 0.769. The van der Waals surface area contributed by atoms with Crippen molar-refractivity contribution in [2.75, 3.05) is 7.05 Å². The third-order valence-corrected chi connectivity index (χ3v) is 3.32. The van der Waals surface area contributed by atoms with Gasteiger partial charge in [0.15, 0.2) is 0 Å². The lowest BCUT2D eigenvalue weighted by Gasteiger charge is -2.04. The first-order valence-electron chi connectivity index (χ1n) is 6.33. The maximum absolute atomic E-state index is 4.49. The highest BCUT2D eigenvalue weighted by molar-refractivity contribution is 5.80. The van der Waals surface area contributed by atoms with Gasteiger partial charge in [0.05, 0.1) is 6.54 Å². The summed E-state index contributed by atoms with van der Waals surface area (Å²) >= 11 is 0. The molecule has 0 aliphatic carbocycles. The van der Waals surface area contributed by atoms with Gasteiger partial charge in [-0.05, 0) is 24.7 Å². The van der Waals surface area contributed by atoms with Crippen molar-refractivity contribution in [1.29, 1.82) is 0 Å². The molecule has 0 fully saturated rings. The molecule has 3 rings (SSSR count). The molecule has 5 heteroatoms. The lowest BCUT2D eigenvalue weighted by atomic mass is 10.2. The van der Waals surface area contributed by atoms with Crippen molar-refractivity contribution in [3.63, 3.8) is 0 Å². The smallest absolute Gasteiger partial charge is 0.140 e. The molecule has 98 valence electrons. The molecule has 0 radical (unpaired) electrons. The molecule has 0 spiro atoms. The predicted octanol–water partition coefficient (Wildman–Crippen LogP) is 1.54. The number of nitrogens with zero attached hydrogens (tertiary/aromatic N) is 4. The van der Waals surface area contributed by atoms with Crippen molar-refractivity contribution in [2.45, 2.75) is 13.1 Å². The second kappa shape index (κ2) is 4.85. The normalized spacial score (nSPS) is 11.3. The summed E-state index contributed by atoms with van der Waals surface area (Å²) in [7, 11) is 3.97. The van der Waals surface area contributed by atoms with Crippen LogP contribution in [0.3, 0.4) is 0 Å². The molecule has 19 heavy (non-hydrogen) atoms. The molecule has 0 aliphatic rings. The Bertz CT molecular complexity index is 695. The highest BCUT2D eigenvalue weighted by Crippen LogP contribution is 2.20. The van der Waals surface area contributed by atoms with E-state index in [4.69, 9.17) is 0 Å². The number of fused-ring (bicyclic) bond motifs is 1. The van der Waals surface area contributed by atoms with E-state index in [2.05, 4.69) is 32.1 Å². The summed E-state index contributed by atoms with van der Waals surface area (Å²) in [5.74, 6) is 1.03. The lowest BCUT2D eigenvalue weighted by molar-refractivity contribution is 0.709. The fourth-order valence-electron chi connectivity index (χ4n) is 2.35. The van der Waals surface area contributed by atoms with Crippen LogP contribution in [0.15, 0.2) is 36.9 Å². The van der Waals surface area contributed by atoms with Crippen LogP contribution in [0.2, 0.25) is 0 Å². The third-order valence-electron chi connectivity index (χ3n) is 3.32. The molecule has 0 atom stereocenters. The van der Waals surface area contributed by atoms with Crippen molar-refractivity contribution in [1.82, 2.24) is 24.4 Å². The molecule has 1 N–H and O–H groups in total. The molecule has 5 nitrogen and oxygen atoms in total. The van der Waals surface area contributed by atoms with E-state index in [0.717, 1.165) is 24.6 Å². The highest BCUT2D eigenvalue weighted by Gasteiger charge is 2.10. The molecule has 0 saturated heterocycles. The number of hydrogen-bond donors (Lipinski definition) is 1. The molecule has 0 bridgehead atoms. The molecule has 0 amide bonds. The minimum atomic E-state index is 0.737. The maximum atomic E-state index is 4.49. The number of aryl methyl sites for hydroxylation is 1. The maximum Gasteiger partial charge on any atom is 0.140 e. The fraction of sp³-hybridized carbons (Fsp3) is 0.286. The Labute approximate surface area is 111 Å². The van der Waals surface area contributed by atoms with Crippen LogP contribution in [0.4, 0.5) is 0 Å². The van der Waals surface area contributed by atoms with Crippen LogP contribution in [0.5, 0.6) is 0 Å². The van der Waals surface area contributed by atoms with Crippen LogP contribution in [0.1, 0.15) is 11.4 Å². The van der Waals surface area contributed by atoms with Crippen LogP contribution in [-0.2, 0) is 20.1 Å². The first-order chi connectivity index (χ1) is 9.29. The highest BCUT2D eigenvalue weighted by atomic mass is 15.1. The summed E-state index contributed by atoms with van der Waals surface area (Å²) in [5.41, 5.74) is 2.27. The van der Waals surface area contributed by atoms with E-state index in [1.165, 1.54) is 10.9 Å². The molecule has 0 saturated carbocycles. The van der Waals surface area contributed by atoms with Gasteiger partial charge in [-0.3, -0.25) is 0 Å². The Morgan fingerprint density at radius 1 is 1.26 bits per heavy atom.